The number of allylic oxidation sites excluding steroid dienone is 1. The van der Waals surface area contributed by atoms with Gasteiger partial charge in [0.25, 0.3) is 0 Å². The van der Waals surface area contributed by atoms with Crippen molar-refractivity contribution >= 4 is 5.97 Å². The van der Waals surface area contributed by atoms with Crippen molar-refractivity contribution in [1.29, 1.82) is 0 Å². The van der Waals surface area contributed by atoms with Crippen LogP contribution in [0, 0.1) is 0 Å². The zero-order valence-electron chi connectivity index (χ0n) is 6.59. The second kappa shape index (κ2) is 6.33. The van der Waals surface area contributed by atoms with Crippen molar-refractivity contribution in [2.24, 2.45) is 0 Å². The summed E-state index contributed by atoms with van der Waals surface area (Å²) in [4.78, 5) is 10.7. The normalized spacial score (nSPS) is 10.2. The van der Waals surface area contributed by atoms with Gasteiger partial charge in [0.1, 0.15) is 0 Å². The highest BCUT2D eigenvalue weighted by atomic mass is 16.5. The van der Waals surface area contributed by atoms with E-state index < -0.39 is 0 Å². The summed E-state index contributed by atoms with van der Waals surface area (Å²) in [6.45, 7) is 4.47. The molecule has 0 unspecified atom stereocenters. The molecule has 0 bridgehead atoms. The number of hydrogen-bond donors (Lipinski definition) is 0. The Morgan fingerprint density at radius 1 is 1.50 bits per heavy atom. The van der Waals surface area contributed by atoms with Gasteiger partial charge in [-0.1, -0.05) is 19.9 Å². The van der Waals surface area contributed by atoms with E-state index in [1.807, 2.05) is 13.8 Å². The van der Waals surface area contributed by atoms with Crippen LogP contribution >= 0.6 is 0 Å². The van der Waals surface area contributed by atoms with Crippen LogP contribution < -0.4 is 0 Å². The molecule has 0 saturated heterocycles. The molecule has 0 aromatic carbocycles. The molecular weight excluding hydrogens is 128 g/mol. The Labute approximate surface area is 61.9 Å². The fraction of sp³-hybridized carbons (Fsp3) is 0.625. The number of carbonyl (C=O) groups is 1. The predicted octanol–water partition coefficient (Wildman–Crippen LogP) is 1.91. The third-order valence-electron chi connectivity index (χ3n) is 0.938. The zero-order valence-corrected chi connectivity index (χ0v) is 6.59. The number of hydrogen-bond acceptors (Lipinski definition) is 2. The Balaban J connectivity index is 3.34. The minimum absolute atomic E-state index is 0.233. The van der Waals surface area contributed by atoms with E-state index in [1.54, 1.807) is 6.08 Å². The highest BCUT2D eigenvalue weighted by Gasteiger charge is 1.91. The number of ether oxygens (including phenoxy) is 1. The molecule has 0 aliphatic heterocycles. The lowest BCUT2D eigenvalue weighted by Crippen LogP contribution is -2.00. The molecule has 0 aliphatic rings. The summed E-state index contributed by atoms with van der Waals surface area (Å²) in [5, 5.41) is 0. The molecule has 0 amide bonds. The largest absolute Gasteiger partial charge is 0.463 e. The van der Waals surface area contributed by atoms with E-state index in [0.29, 0.717) is 6.61 Å². The quantitative estimate of drug-likeness (QED) is 0.442. The SMILES string of the molecule is CC/C=C/C(=O)OCCC. The van der Waals surface area contributed by atoms with Crippen molar-refractivity contribution in [2.45, 2.75) is 26.7 Å². The first-order chi connectivity index (χ1) is 4.81. The molecule has 0 saturated carbocycles. The van der Waals surface area contributed by atoms with Crippen LogP contribution in [0.4, 0.5) is 0 Å². The molecule has 0 aliphatic carbocycles. The lowest BCUT2D eigenvalue weighted by atomic mass is 10.4. The molecule has 0 fully saturated rings. The summed E-state index contributed by atoms with van der Waals surface area (Å²) in [5.41, 5.74) is 0. The summed E-state index contributed by atoms with van der Waals surface area (Å²) in [6.07, 6.45) is 5.01. The second-order valence-corrected chi connectivity index (χ2v) is 1.98. The van der Waals surface area contributed by atoms with Crippen molar-refractivity contribution in [3.63, 3.8) is 0 Å². The van der Waals surface area contributed by atoms with Gasteiger partial charge in [-0.2, -0.15) is 0 Å². The topological polar surface area (TPSA) is 26.3 Å². The van der Waals surface area contributed by atoms with Crippen LogP contribution in [-0.2, 0) is 9.53 Å². The fourth-order valence-electron chi connectivity index (χ4n) is 0.465. The minimum atomic E-state index is -0.233. The van der Waals surface area contributed by atoms with E-state index in [0.717, 1.165) is 12.8 Å². The molecule has 10 heavy (non-hydrogen) atoms. The van der Waals surface area contributed by atoms with Crippen LogP contribution in [0.5, 0.6) is 0 Å². The van der Waals surface area contributed by atoms with E-state index in [4.69, 9.17) is 4.74 Å². The smallest absolute Gasteiger partial charge is 0.330 e. The third kappa shape index (κ3) is 5.35. The summed E-state index contributed by atoms with van der Waals surface area (Å²) in [6, 6.07) is 0. The maximum atomic E-state index is 10.7. The Kier molecular flexibility index (Phi) is 5.83. The molecule has 0 aromatic rings. The van der Waals surface area contributed by atoms with Gasteiger partial charge in [0, 0.05) is 6.08 Å². The molecule has 2 heteroatoms. The Morgan fingerprint density at radius 2 is 2.20 bits per heavy atom. The minimum Gasteiger partial charge on any atom is -0.463 e. The Hall–Kier alpha value is -0.790. The van der Waals surface area contributed by atoms with Crippen LogP contribution in [0.2, 0.25) is 0 Å². The molecule has 0 heterocycles. The molecule has 2 nitrogen and oxygen atoms in total. The van der Waals surface area contributed by atoms with Gasteiger partial charge >= 0.3 is 5.97 Å². The van der Waals surface area contributed by atoms with Crippen molar-refractivity contribution < 1.29 is 9.53 Å². The maximum absolute atomic E-state index is 10.7. The standard InChI is InChI=1S/C8H14O2/c1-3-5-6-8(9)10-7-4-2/h5-6H,3-4,7H2,1-2H3/b6-5+. The summed E-state index contributed by atoms with van der Waals surface area (Å²) in [5.74, 6) is -0.233. The summed E-state index contributed by atoms with van der Waals surface area (Å²) >= 11 is 0. The highest BCUT2D eigenvalue weighted by Crippen LogP contribution is 1.86. The lowest BCUT2D eigenvalue weighted by molar-refractivity contribution is -0.137. The van der Waals surface area contributed by atoms with Crippen molar-refractivity contribution in [1.82, 2.24) is 0 Å². The molecule has 0 radical (unpaired) electrons. The molecule has 0 atom stereocenters. The molecule has 0 rings (SSSR count). The monoisotopic (exact) mass is 142 g/mol. The third-order valence-corrected chi connectivity index (χ3v) is 0.938. The van der Waals surface area contributed by atoms with Crippen LogP contribution in [0.15, 0.2) is 12.2 Å². The van der Waals surface area contributed by atoms with Gasteiger partial charge in [0.05, 0.1) is 6.61 Å². The van der Waals surface area contributed by atoms with Crippen molar-refractivity contribution in [2.75, 3.05) is 6.61 Å². The van der Waals surface area contributed by atoms with Crippen molar-refractivity contribution in [3.8, 4) is 0 Å². The first kappa shape index (κ1) is 9.21. The van der Waals surface area contributed by atoms with Gasteiger partial charge < -0.3 is 4.74 Å². The number of esters is 1. The molecule has 0 N–H and O–H groups in total. The maximum Gasteiger partial charge on any atom is 0.330 e. The Bertz CT molecular complexity index is 116. The molecule has 0 spiro atoms. The van der Waals surface area contributed by atoms with Crippen LogP contribution in [-0.4, -0.2) is 12.6 Å². The van der Waals surface area contributed by atoms with E-state index in [-0.39, 0.29) is 5.97 Å². The van der Waals surface area contributed by atoms with Crippen LogP contribution in [0.25, 0.3) is 0 Å². The van der Waals surface area contributed by atoms with Gasteiger partial charge in [-0.05, 0) is 12.8 Å². The van der Waals surface area contributed by atoms with E-state index in [1.165, 1.54) is 6.08 Å². The van der Waals surface area contributed by atoms with Crippen molar-refractivity contribution in [3.05, 3.63) is 12.2 Å². The average molecular weight is 142 g/mol. The first-order valence-electron chi connectivity index (χ1n) is 3.64. The first-order valence-corrected chi connectivity index (χ1v) is 3.64. The van der Waals surface area contributed by atoms with Gasteiger partial charge in [0.2, 0.25) is 0 Å². The molecule has 0 aromatic heterocycles. The average Bonchev–Trinajstić information content (AvgIpc) is 1.97. The molecular formula is C8H14O2. The van der Waals surface area contributed by atoms with Gasteiger partial charge in [-0.25, -0.2) is 4.79 Å². The van der Waals surface area contributed by atoms with E-state index in [9.17, 15) is 4.79 Å². The van der Waals surface area contributed by atoms with Gasteiger partial charge in [-0.15, -0.1) is 0 Å². The highest BCUT2D eigenvalue weighted by molar-refractivity contribution is 5.81. The van der Waals surface area contributed by atoms with Crippen LogP contribution in [0.1, 0.15) is 26.7 Å². The fourth-order valence-corrected chi connectivity index (χ4v) is 0.465. The summed E-state index contributed by atoms with van der Waals surface area (Å²) < 4.78 is 4.77. The molecule has 58 valence electrons. The second-order valence-electron chi connectivity index (χ2n) is 1.98. The van der Waals surface area contributed by atoms with Crippen LogP contribution in [0.3, 0.4) is 0 Å². The summed E-state index contributed by atoms with van der Waals surface area (Å²) in [7, 11) is 0. The number of rotatable bonds is 4. The van der Waals surface area contributed by atoms with E-state index >= 15 is 0 Å². The van der Waals surface area contributed by atoms with Gasteiger partial charge in [-0.3, -0.25) is 0 Å². The lowest BCUT2D eigenvalue weighted by Gasteiger charge is -1.95. The van der Waals surface area contributed by atoms with E-state index in [2.05, 4.69) is 0 Å². The Morgan fingerprint density at radius 3 is 2.70 bits per heavy atom. The zero-order chi connectivity index (χ0) is 7.82. The number of carbonyl (C=O) groups excluding carboxylic acids is 1. The predicted molar refractivity (Wildman–Crippen MR) is 40.7 cm³/mol. The van der Waals surface area contributed by atoms with Gasteiger partial charge in [0.15, 0.2) is 0 Å².